The fraction of sp³-hybridized carbons (Fsp3) is 0.875. The normalized spacial score (nSPS) is 10.9. The summed E-state index contributed by atoms with van der Waals surface area (Å²) in [6.45, 7) is 9.56. The lowest BCUT2D eigenvalue weighted by molar-refractivity contribution is -0.119. The molecular formula is C8H19NO. The van der Waals surface area contributed by atoms with Crippen molar-refractivity contribution < 1.29 is 4.79 Å². The second-order valence-electron chi connectivity index (χ2n) is 2.01. The van der Waals surface area contributed by atoms with Gasteiger partial charge in [-0.05, 0) is 13.3 Å². The Morgan fingerprint density at radius 3 is 2.00 bits per heavy atom. The highest BCUT2D eigenvalue weighted by Crippen LogP contribution is 1.85. The molecule has 0 bridgehead atoms. The summed E-state index contributed by atoms with van der Waals surface area (Å²) in [6.07, 6.45) is 1.000. The van der Waals surface area contributed by atoms with Crippen LogP contribution in [0.25, 0.3) is 0 Å². The Labute approximate surface area is 64.0 Å². The number of hydrogen-bond acceptors (Lipinski definition) is 1. The van der Waals surface area contributed by atoms with Crippen LogP contribution in [0.4, 0.5) is 0 Å². The predicted octanol–water partition coefficient (Wildman–Crippen LogP) is 1.95. The molecule has 1 atom stereocenters. The Bertz CT molecular complexity index is 81.3. The van der Waals surface area contributed by atoms with Crippen LogP contribution in [0.15, 0.2) is 0 Å². The van der Waals surface area contributed by atoms with E-state index in [1.807, 2.05) is 27.7 Å². The molecule has 0 aromatic carbocycles. The molecule has 0 rings (SSSR count). The van der Waals surface area contributed by atoms with Crippen molar-refractivity contribution in [1.82, 2.24) is 5.32 Å². The van der Waals surface area contributed by atoms with Gasteiger partial charge in [-0.2, -0.15) is 0 Å². The molecule has 2 nitrogen and oxygen atoms in total. The van der Waals surface area contributed by atoms with E-state index in [1.165, 1.54) is 6.92 Å². The van der Waals surface area contributed by atoms with Gasteiger partial charge in [0.2, 0.25) is 5.91 Å². The van der Waals surface area contributed by atoms with Crippen LogP contribution in [0, 0.1) is 0 Å². The van der Waals surface area contributed by atoms with Gasteiger partial charge < -0.3 is 5.32 Å². The van der Waals surface area contributed by atoms with Crippen molar-refractivity contribution in [3.8, 4) is 0 Å². The molecule has 0 saturated carbocycles. The van der Waals surface area contributed by atoms with E-state index < -0.39 is 0 Å². The van der Waals surface area contributed by atoms with Gasteiger partial charge in [0.25, 0.3) is 0 Å². The van der Waals surface area contributed by atoms with Crippen LogP contribution in [-0.2, 0) is 4.79 Å². The molecule has 1 N–H and O–H groups in total. The van der Waals surface area contributed by atoms with E-state index in [1.54, 1.807) is 0 Å². The minimum absolute atomic E-state index is 0.0550. The Morgan fingerprint density at radius 1 is 1.50 bits per heavy atom. The van der Waals surface area contributed by atoms with Crippen LogP contribution >= 0.6 is 0 Å². The van der Waals surface area contributed by atoms with Crippen molar-refractivity contribution in [3.05, 3.63) is 0 Å². The molecule has 1 amide bonds. The second kappa shape index (κ2) is 8.47. The van der Waals surface area contributed by atoms with Gasteiger partial charge in [-0.25, -0.2) is 0 Å². The first-order valence-corrected chi connectivity index (χ1v) is 3.94. The van der Waals surface area contributed by atoms with Gasteiger partial charge >= 0.3 is 0 Å². The average molecular weight is 145 g/mol. The van der Waals surface area contributed by atoms with Crippen molar-refractivity contribution in [2.45, 2.75) is 47.1 Å². The molecule has 0 fully saturated rings. The van der Waals surface area contributed by atoms with E-state index in [2.05, 4.69) is 5.32 Å². The van der Waals surface area contributed by atoms with Crippen LogP contribution in [0.3, 0.4) is 0 Å². The SMILES string of the molecule is CC.CC[C@H](C)NC(C)=O. The summed E-state index contributed by atoms with van der Waals surface area (Å²) < 4.78 is 0. The molecular weight excluding hydrogens is 126 g/mol. The number of carbonyl (C=O) groups is 1. The first-order chi connectivity index (χ1) is 4.66. The molecule has 62 valence electrons. The molecule has 0 heterocycles. The van der Waals surface area contributed by atoms with E-state index in [0.29, 0.717) is 6.04 Å². The van der Waals surface area contributed by atoms with Gasteiger partial charge in [0.05, 0.1) is 0 Å². The quantitative estimate of drug-likeness (QED) is 0.632. The molecule has 0 aliphatic rings. The summed E-state index contributed by atoms with van der Waals surface area (Å²) in [7, 11) is 0. The molecule has 0 radical (unpaired) electrons. The molecule has 0 saturated heterocycles. The van der Waals surface area contributed by atoms with Crippen molar-refractivity contribution in [2.75, 3.05) is 0 Å². The third-order valence-electron chi connectivity index (χ3n) is 1.06. The minimum atomic E-state index is 0.0550. The maximum Gasteiger partial charge on any atom is 0.217 e. The van der Waals surface area contributed by atoms with Gasteiger partial charge in [0, 0.05) is 13.0 Å². The molecule has 0 aromatic rings. The van der Waals surface area contributed by atoms with Gasteiger partial charge in [0.1, 0.15) is 0 Å². The molecule has 10 heavy (non-hydrogen) atoms. The standard InChI is InChI=1S/C6H13NO.C2H6/c1-4-5(2)7-6(3)8;1-2/h5H,4H2,1-3H3,(H,7,8);1-2H3/t5-;/m0./s1. The van der Waals surface area contributed by atoms with Gasteiger partial charge in [-0.15, -0.1) is 0 Å². The van der Waals surface area contributed by atoms with Crippen LogP contribution in [0.1, 0.15) is 41.0 Å². The highest BCUT2D eigenvalue weighted by molar-refractivity contribution is 5.73. The summed E-state index contributed by atoms with van der Waals surface area (Å²) in [5.41, 5.74) is 0. The van der Waals surface area contributed by atoms with E-state index in [-0.39, 0.29) is 5.91 Å². The first kappa shape index (κ1) is 12.2. The first-order valence-electron chi connectivity index (χ1n) is 3.94. The van der Waals surface area contributed by atoms with Crippen LogP contribution in [-0.4, -0.2) is 11.9 Å². The fourth-order valence-corrected chi connectivity index (χ4v) is 0.449. The molecule has 0 aromatic heterocycles. The summed E-state index contributed by atoms with van der Waals surface area (Å²) in [5.74, 6) is 0.0550. The smallest absolute Gasteiger partial charge is 0.217 e. The van der Waals surface area contributed by atoms with Gasteiger partial charge in [-0.3, -0.25) is 4.79 Å². The Kier molecular flexibility index (Phi) is 10.3. The molecule has 0 aliphatic carbocycles. The fourth-order valence-electron chi connectivity index (χ4n) is 0.449. The van der Waals surface area contributed by atoms with E-state index in [9.17, 15) is 4.79 Å². The maximum atomic E-state index is 10.3. The summed E-state index contributed by atoms with van der Waals surface area (Å²) in [4.78, 5) is 10.3. The molecule has 0 spiro atoms. The van der Waals surface area contributed by atoms with Crippen molar-refractivity contribution in [1.29, 1.82) is 0 Å². The number of carbonyl (C=O) groups excluding carboxylic acids is 1. The number of amides is 1. The third kappa shape index (κ3) is 10.5. The van der Waals surface area contributed by atoms with Crippen molar-refractivity contribution in [2.24, 2.45) is 0 Å². The van der Waals surface area contributed by atoms with Crippen molar-refractivity contribution >= 4 is 5.91 Å². The zero-order valence-electron chi connectivity index (χ0n) is 7.69. The zero-order chi connectivity index (χ0) is 8.57. The monoisotopic (exact) mass is 145 g/mol. The number of hydrogen-bond donors (Lipinski definition) is 1. The summed E-state index contributed by atoms with van der Waals surface area (Å²) in [5, 5.41) is 2.75. The molecule has 2 heteroatoms. The van der Waals surface area contributed by atoms with E-state index in [4.69, 9.17) is 0 Å². The Morgan fingerprint density at radius 2 is 1.90 bits per heavy atom. The highest BCUT2D eigenvalue weighted by Gasteiger charge is 1.96. The molecule has 0 aliphatic heterocycles. The average Bonchev–Trinajstić information content (AvgIpc) is 1.91. The van der Waals surface area contributed by atoms with E-state index in [0.717, 1.165) is 6.42 Å². The second-order valence-corrected chi connectivity index (χ2v) is 2.01. The molecule has 0 unspecified atom stereocenters. The Hall–Kier alpha value is -0.530. The van der Waals surface area contributed by atoms with Crippen LogP contribution in [0.2, 0.25) is 0 Å². The number of rotatable bonds is 2. The van der Waals surface area contributed by atoms with Crippen molar-refractivity contribution in [3.63, 3.8) is 0 Å². The van der Waals surface area contributed by atoms with Crippen LogP contribution < -0.4 is 5.32 Å². The van der Waals surface area contributed by atoms with E-state index >= 15 is 0 Å². The highest BCUT2D eigenvalue weighted by atomic mass is 16.1. The van der Waals surface area contributed by atoms with Crippen LogP contribution in [0.5, 0.6) is 0 Å². The lowest BCUT2D eigenvalue weighted by atomic mass is 10.3. The lowest BCUT2D eigenvalue weighted by Crippen LogP contribution is -2.29. The largest absolute Gasteiger partial charge is 0.354 e. The predicted molar refractivity (Wildman–Crippen MR) is 44.9 cm³/mol. The topological polar surface area (TPSA) is 29.1 Å². The third-order valence-corrected chi connectivity index (χ3v) is 1.06. The number of nitrogens with one attached hydrogen (secondary N) is 1. The minimum Gasteiger partial charge on any atom is -0.354 e. The summed E-state index contributed by atoms with van der Waals surface area (Å²) in [6, 6.07) is 0.326. The lowest BCUT2D eigenvalue weighted by Gasteiger charge is -2.07. The maximum absolute atomic E-state index is 10.3. The zero-order valence-corrected chi connectivity index (χ0v) is 7.69. The van der Waals surface area contributed by atoms with Gasteiger partial charge in [0.15, 0.2) is 0 Å². The van der Waals surface area contributed by atoms with Gasteiger partial charge in [-0.1, -0.05) is 20.8 Å². The summed E-state index contributed by atoms with van der Waals surface area (Å²) >= 11 is 0. The Balaban J connectivity index is 0.